The van der Waals surface area contributed by atoms with E-state index in [1.54, 1.807) is 0 Å². The van der Waals surface area contributed by atoms with E-state index in [1.165, 1.54) is 11.3 Å². The Morgan fingerprint density at radius 2 is 1.57 bits per heavy atom. The first-order chi connectivity index (χ1) is 13.7. The van der Waals surface area contributed by atoms with Crippen LogP contribution in [0.5, 0.6) is 0 Å². The van der Waals surface area contributed by atoms with Gasteiger partial charge in [-0.15, -0.1) is 0 Å². The van der Waals surface area contributed by atoms with E-state index in [-0.39, 0.29) is 0 Å². The Morgan fingerprint density at radius 1 is 0.857 bits per heavy atom. The Morgan fingerprint density at radius 3 is 2.25 bits per heavy atom. The van der Waals surface area contributed by atoms with Crippen molar-refractivity contribution in [1.29, 1.82) is 0 Å². The Bertz CT molecular complexity index is 1020. The van der Waals surface area contributed by atoms with Gasteiger partial charge in [0.05, 0.1) is 36.2 Å². The van der Waals surface area contributed by atoms with Gasteiger partial charge in [0.2, 0.25) is 0 Å². The van der Waals surface area contributed by atoms with Gasteiger partial charge in [-0.05, 0) is 24.8 Å². The molecule has 2 heterocycles. The molecule has 0 aliphatic rings. The standard InChI is InChI=1S/C24H24N4/c1-18(20-9-5-3-6-10-20)13-23-24(21-11-7-4-8-12-21)27-17-28(23)16-22-15-25-19(2)14-26-22/h3-12,14-15,17-18H,13,16H2,1-2H3/t18-/m0/s1. The molecule has 4 rings (SSSR count). The fourth-order valence-electron chi connectivity index (χ4n) is 3.46. The van der Waals surface area contributed by atoms with Crippen molar-refractivity contribution in [1.82, 2.24) is 19.5 Å². The summed E-state index contributed by atoms with van der Waals surface area (Å²) in [5.74, 6) is 0.392. The zero-order valence-electron chi connectivity index (χ0n) is 16.3. The molecule has 2 aromatic carbocycles. The van der Waals surface area contributed by atoms with E-state index in [2.05, 4.69) is 76.1 Å². The highest BCUT2D eigenvalue weighted by molar-refractivity contribution is 5.62. The van der Waals surface area contributed by atoms with Crippen LogP contribution in [0, 0.1) is 6.92 Å². The minimum absolute atomic E-state index is 0.392. The molecule has 0 bridgehead atoms. The van der Waals surface area contributed by atoms with Gasteiger partial charge in [0.15, 0.2) is 0 Å². The molecule has 0 saturated heterocycles. The molecule has 4 nitrogen and oxygen atoms in total. The third-order valence-corrected chi connectivity index (χ3v) is 5.03. The summed E-state index contributed by atoms with van der Waals surface area (Å²) in [6.45, 7) is 4.89. The first-order valence-corrected chi connectivity index (χ1v) is 9.62. The van der Waals surface area contributed by atoms with Gasteiger partial charge in [0.25, 0.3) is 0 Å². The fourth-order valence-corrected chi connectivity index (χ4v) is 3.46. The monoisotopic (exact) mass is 368 g/mol. The van der Waals surface area contributed by atoms with Gasteiger partial charge in [-0.2, -0.15) is 0 Å². The molecule has 28 heavy (non-hydrogen) atoms. The van der Waals surface area contributed by atoms with Crippen LogP contribution in [0.4, 0.5) is 0 Å². The van der Waals surface area contributed by atoms with Gasteiger partial charge in [-0.25, -0.2) is 4.98 Å². The lowest BCUT2D eigenvalue weighted by molar-refractivity contribution is 0.666. The molecule has 0 unspecified atom stereocenters. The maximum atomic E-state index is 4.76. The molecule has 0 aliphatic heterocycles. The summed E-state index contributed by atoms with van der Waals surface area (Å²) in [6, 6.07) is 21.0. The number of nitrogens with zero attached hydrogens (tertiary/aromatic N) is 4. The molecule has 140 valence electrons. The predicted octanol–water partition coefficient (Wildman–Crippen LogP) is 5.04. The van der Waals surface area contributed by atoms with Crippen LogP contribution >= 0.6 is 0 Å². The normalized spacial score (nSPS) is 12.1. The van der Waals surface area contributed by atoms with E-state index in [1.807, 2.05) is 31.7 Å². The quantitative estimate of drug-likeness (QED) is 0.479. The molecule has 4 heteroatoms. The summed E-state index contributed by atoms with van der Waals surface area (Å²) in [7, 11) is 0. The average Bonchev–Trinajstić information content (AvgIpc) is 3.13. The maximum Gasteiger partial charge on any atom is 0.0959 e. The molecule has 0 N–H and O–H groups in total. The van der Waals surface area contributed by atoms with Gasteiger partial charge in [-0.1, -0.05) is 67.6 Å². The Hall–Kier alpha value is -3.27. The van der Waals surface area contributed by atoms with E-state index in [0.29, 0.717) is 12.5 Å². The average molecular weight is 368 g/mol. The molecular weight excluding hydrogens is 344 g/mol. The zero-order valence-corrected chi connectivity index (χ0v) is 16.3. The molecule has 0 spiro atoms. The second kappa shape index (κ2) is 8.17. The molecule has 0 aliphatic carbocycles. The first-order valence-electron chi connectivity index (χ1n) is 9.62. The van der Waals surface area contributed by atoms with E-state index in [4.69, 9.17) is 4.98 Å². The zero-order chi connectivity index (χ0) is 19.3. The lowest BCUT2D eigenvalue weighted by Crippen LogP contribution is -2.09. The van der Waals surface area contributed by atoms with Gasteiger partial charge in [0.1, 0.15) is 0 Å². The van der Waals surface area contributed by atoms with Crippen LogP contribution in [-0.2, 0) is 13.0 Å². The van der Waals surface area contributed by atoms with Crippen LogP contribution in [-0.4, -0.2) is 19.5 Å². The summed E-state index contributed by atoms with van der Waals surface area (Å²) >= 11 is 0. The minimum Gasteiger partial charge on any atom is -0.328 e. The Balaban J connectivity index is 1.70. The van der Waals surface area contributed by atoms with Crippen molar-refractivity contribution in [3.8, 4) is 11.3 Å². The number of imidazole rings is 1. The van der Waals surface area contributed by atoms with Crippen molar-refractivity contribution < 1.29 is 0 Å². The van der Waals surface area contributed by atoms with Crippen molar-refractivity contribution in [3.63, 3.8) is 0 Å². The fraction of sp³-hybridized carbons (Fsp3) is 0.208. The topological polar surface area (TPSA) is 43.6 Å². The van der Waals surface area contributed by atoms with Gasteiger partial charge < -0.3 is 4.57 Å². The van der Waals surface area contributed by atoms with Crippen LogP contribution in [0.25, 0.3) is 11.3 Å². The summed E-state index contributed by atoms with van der Waals surface area (Å²) in [6.07, 6.45) is 6.50. The number of hydrogen-bond donors (Lipinski definition) is 0. The Labute approximate surface area is 166 Å². The smallest absolute Gasteiger partial charge is 0.0959 e. The third kappa shape index (κ3) is 4.01. The second-order valence-electron chi connectivity index (χ2n) is 7.20. The summed E-state index contributed by atoms with van der Waals surface area (Å²) in [4.78, 5) is 13.7. The van der Waals surface area contributed by atoms with E-state index >= 15 is 0 Å². The van der Waals surface area contributed by atoms with Crippen LogP contribution < -0.4 is 0 Å². The van der Waals surface area contributed by atoms with Gasteiger partial charge in [0, 0.05) is 17.5 Å². The SMILES string of the molecule is Cc1cnc(Cn2cnc(-c3ccccc3)c2C[C@H](C)c2ccccc2)cn1. The third-order valence-electron chi connectivity index (χ3n) is 5.03. The van der Waals surface area contributed by atoms with Crippen LogP contribution in [0.1, 0.15) is 35.5 Å². The molecule has 0 radical (unpaired) electrons. The number of benzene rings is 2. The van der Waals surface area contributed by atoms with Crippen LogP contribution in [0.15, 0.2) is 79.4 Å². The predicted molar refractivity (Wildman–Crippen MR) is 112 cm³/mol. The summed E-state index contributed by atoms with van der Waals surface area (Å²) in [5.41, 5.74) is 6.62. The first kappa shape index (κ1) is 18.1. The van der Waals surface area contributed by atoms with Crippen molar-refractivity contribution >= 4 is 0 Å². The van der Waals surface area contributed by atoms with Crippen molar-refractivity contribution in [2.45, 2.75) is 32.7 Å². The number of aromatic nitrogens is 4. The van der Waals surface area contributed by atoms with Crippen molar-refractivity contribution in [2.24, 2.45) is 0 Å². The van der Waals surface area contributed by atoms with Gasteiger partial charge >= 0.3 is 0 Å². The van der Waals surface area contributed by atoms with Crippen molar-refractivity contribution in [3.05, 3.63) is 102 Å². The lowest BCUT2D eigenvalue weighted by atomic mass is 9.94. The summed E-state index contributed by atoms with van der Waals surface area (Å²) in [5, 5.41) is 0. The molecule has 4 aromatic rings. The summed E-state index contributed by atoms with van der Waals surface area (Å²) < 4.78 is 2.21. The number of hydrogen-bond acceptors (Lipinski definition) is 3. The van der Waals surface area contributed by atoms with E-state index in [9.17, 15) is 0 Å². The maximum absolute atomic E-state index is 4.76. The van der Waals surface area contributed by atoms with E-state index < -0.39 is 0 Å². The Kier molecular flexibility index (Phi) is 5.29. The minimum atomic E-state index is 0.392. The van der Waals surface area contributed by atoms with Crippen LogP contribution in [0.3, 0.4) is 0 Å². The lowest BCUT2D eigenvalue weighted by Gasteiger charge is -2.16. The number of rotatable bonds is 6. The molecular formula is C24H24N4. The highest BCUT2D eigenvalue weighted by Crippen LogP contribution is 2.28. The van der Waals surface area contributed by atoms with Gasteiger partial charge in [-0.3, -0.25) is 9.97 Å². The largest absolute Gasteiger partial charge is 0.328 e. The second-order valence-corrected chi connectivity index (χ2v) is 7.20. The van der Waals surface area contributed by atoms with E-state index in [0.717, 1.165) is 29.1 Å². The van der Waals surface area contributed by atoms with Crippen LogP contribution in [0.2, 0.25) is 0 Å². The highest BCUT2D eigenvalue weighted by atomic mass is 15.1. The molecule has 0 fully saturated rings. The number of aryl methyl sites for hydroxylation is 1. The molecule has 0 amide bonds. The highest BCUT2D eigenvalue weighted by Gasteiger charge is 2.17. The van der Waals surface area contributed by atoms with Crippen molar-refractivity contribution in [2.75, 3.05) is 0 Å². The molecule has 0 saturated carbocycles. The molecule has 1 atom stereocenters. The molecule has 2 aromatic heterocycles.